The monoisotopic (exact) mass is 289 g/mol. The molecule has 1 atom stereocenters. The molecule has 0 N–H and O–H groups in total. The van der Waals surface area contributed by atoms with Gasteiger partial charge in [0.15, 0.2) is 0 Å². The highest BCUT2D eigenvalue weighted by molar-refractivity contribution is 5.42. The zero-order chi connectivity index (χ0) is 15.2. The second kappa shape index (κ2) is 7.29. The lowest BCUT2D eigenvalue weighted by Crippen LogP contribution is -2.33. The van der Waals surface area contributed by atoms with Crippen LogP contribution in [0.4, 0.5) is 0 Å². The molecule has 1 aliphatic heterocycles. The van der Waals surface area contributed by atoms with Crippen molar-refractivity contribution in [2.24, 2.45) is 0 Å². The van der Waals surface area contributed by atoms with Crippen molar-refractivity contribution >= 4 is 0 Å². The number of nitrogens with zero attached hydrogens (tertiary/aromatic N) is 1. The minimum Gasteiger partial charge on any atom is -0.286 e. The minimum absolute atomic E-state index is 0.209. The van der Waals surface area contributed by atoms with Crippen molar-refractivity contribution in [1.29, 1.82) is 0 Å². The van der Waals surface area contributed by atoms with E-state index in [0.717, 1.165) is 18.7 Å². The van der Waals surface area contributed by atoms with E-state index in [1.807, 2.05) is 0 Å². The molecule has 2 aromatic carbocycles. The Labute approximate surface area is 134 Å². The van der Waals surface area contributed by atoms with Crippen LogP contribution in [0.15, 0.2) is 54.6 Å². The van der Waals surface area contributed by atoms with Crippen LogP contribution in [-0.2, 0) is 0 Å². The molecule has 2 aromatic rings. The third-order valence-corrected chi connectivity index (χ3v) is 4.36. The highest BCUT2D eigenvalue weighted by Gasteiger charge is 2.20. The van der Waals surface area contributed by atoms with Gasteiger partial charge in [-0.2, -0.15) is 0 Å². The first-order chi connectivity index (χ1) is 10.8. The van der Waals surface area contributed by atoms with Crippen LogP contribution in [0.1, 0.15) is 42.0 Å². The number of likely N-dealkylation sites (tertiary alicyclic amines) is 1. The van der Waals surface area contributed by atoms with E-state index >= 15 is 0 Å². The molecule has 0 radical (unpaired) electrons. The quantitative estimate of drug-likeness (QED) is 0.732. The van der Waals surface area contributed by atoms with Crippen LogP contribution in [-0.4, -0.2) is 18.0 Å². The van der Waals surface area contributed by atoms with Crippen LogP contribution in [0, 0.1) is 18.8 Å². The Morgan fingerprint density at radius 3 is 2.27 bits per heavy atom. The summed E-state index contributed by atoms with van der Waals surface area (Å²) in [4.78, 5) is 2.53. The normalized spacial score (nSPS) is 16.6. The average Bonchev–Trinajstić information content (AvgIpc) is 2.59. The minimum atomic E-state index is 0.209. The van der Waals surface area contributed by atoms with Gasteiger partial charge in [-0.1, -0.05) is 66.8 Å². The lowest BCUT2D eigenvalue weighted by atomic mass is 10.0. The second-order valence-electron chi connectivity index (χ2n) is 5.99. The first-order valence-corrected chi connectivity index (χ1v) is 8.21. The fraction of sp³-hybridized carbons (Fsp3) is 0.333. The Morgan fingerprint density at radius 1 is 0.864 bits per heavy atom. The Morgan fingerprint density at radius 2 is 1.55 bits per heavy atom. The van der Waals surface area contributed by atoms with Crippen molar-refractivity contribution in [2.75, 3.05) is 13.1 Å². The van der Waals surface area contributed by atoms with Gasteiger partial charge in [0, 0.05) is 5.56 Å². The Kier molecular flexibility index (Phi) is 4.93. The Bertz CT molecular complexity index is 657. The van der Waals surface area contributed by atoms with Gasteiger partial charge < -0.3 is 0 Å². The predicted molar refractivity (Wildman–Crippen MR) is 92.7 cm³/mol. The average molecular weight is 289 g/mol. The maximum atomic E-state index is 3.54. The zero-order valence-corrected chi connectivity index (χ0v) is 13.3. The number of piperidine rings is 1. The van der Waals surface area contributed by atoms with Gasteiger partial charge in [0.05, 0.1) is 6.04 Å². The van der Waals surface area contributed by atoms with E-state index in [0.29, 0.717) is 0 Å². The summed E-state index contributed by atoms with van der Waals surface area (Å²) in [6, 6.07) is 19.3. The standard InChI is InChI=1S/C21H23N/c1-18-10-6-7-11-19(18)14-15-21(20-12-4-2-5-13-20)22-16-8-3-9-17-22/h2,4-7,10-13,21H,3,8-9,16-17H2,1H3. The molecule has 1 heterocycles. The van der Waals surface area contributed by atoms with Crippen LogP contribution in [0.3, 0.4) is 0 Å². The highest BCUT2D eigenvalue weighted by atomic mass is 15.2. The fourth-order valence-electron chi connectivity index (χ4n) is 3.06. The van der Waals surface area contributed by atoms with Gasteiger partial charge in [-0.3, -0.25) is 4.90 Å². The molecular weight excluding hydrogens is 266 g/mol. The Hall–Kier alpha value is -2.04. The van der Waals surface area contributed by atoms with E-state index in [1.165, 1.54) is 30.4 Å². The lowest BCUT2D eigenvalue weighted by Gasteiger charge is -2.31. The van der Waals surface area contributed by atoms with Gasteiger partial charge in [0.2, 0.25) is 0 Å². The largest absolute Gasteiger partial charge is 0.286 e. The molecule has 1 nitrogen and oxygen atoms in total. The third-order valence-electron chi connectivity index (χ3n) is 4.36. The molecule has 0 spiro atoms. The van der Waals surface area contributed by atoms with Crippen LogP contribution in [0.25, 0.3) is 0 Å². The van der Waals surface area contributed by atoms with Crippen molar-refractivity contribution in [3.8, 4) is 11.8 Å². The molecule has 0 amide bonds. The summed E-state index contributed by atoms with van der Waals surface area (Å²) in [6.07, 6.45) is 3.92. The SMILES string of the molecule is Cc1ccccc1C#CC(c1ccccc1)N1CCCCC1. The number of benzene rings is 2. The molecule has 0 aromatic heterocycles. The molecule has 0 bridgehead atoms. The number of aryl methyl sites for hydroxylation is 1. The summed E-state index contributed by atoms with van der Waals surface area (Å²) >= 11 is 0. The van der Waals surface area contributed by atoms with E-state index in [1.54, 1.807) is 0 Å². The zero-order valence-electron chi connectivity index (χ0n) is 13.3. The summed E-state index contributed by atoms with van der Waals surface area (Å²) in [5.74, 6) is 6.96. The van der Waals surface area contributed by atoms with Gasteiger partial charge in [-0.15, -0.1) is 0 Å². The Balaban J connectivity index is 1.91. The topological polar surface area (TPSA) is 3.24 Å². The van der Waals surface area contributed by atoms with E-state index in [-0.39, 0.29) is 6.04 Å². The number of hydrogen-bond donors (Lipinski definition) is 0. The highest BCUT2D eigenvalue weighted by Crippen LogP contribution is 2.24. The molecule has 3 rings (SSSR count). The van der Waals surface area contributed by atoms with Crippen LogP contribution in [0.2, 0.25) is 0 Å². The predicted octanol–water partition coefficient (Wildman–Crippen LogP) is 4.57. The molecule has 1 saturated heterocycles. The summed E-state index contributed by atoms with van der Waals surface area (Å²) in [5, 5.41) is 0. The van der Waals surface area contributed by atoms with Crippen molar-refractivity contribution in [2.45, 2.75) is 32.2 Å². The van der Waals surface area contributed by atoms with Crippen LogP contribution >= 0.6 is 0 Å². The first kappa shape index (κ1) is 14.9. The smallest absolute Gasteiger partial charge is 0.0974 e. The third kappa shape index (κ3) is 3.59. The van der Waals surface area contributed by atoms with Crippen molar-refractivity contribution in [3.05, 3.63) is 71.3 Å². The molecule has 1 fully saturated rings. The van der Waals surface area contributed by atoms with Gasteiger partial charge in [-0.05, 0) is 50.0 Å². The number of rotatable bonds is 2. The van der Waals surface area contributed by atoms with Gasteiger partial charge in [0.25, 0.3) is 0 Å². The van der Waals surface area contributed by atoms with Crippen molar-refractivity contribution in [3.63, 3.8) is 0 Å². The molecule has 0 saturated carbocycles. The maximum absolute atomic E-state index is 3.54. The second-order valence-corrected chi connectivity index (χ2v) is 5.99. The van der Waals surface area contributed by atoms with E-state index in [4.69, 9.17) is 0 Å². The van der Waals surface area contributed by atoms with E-state index in [2.05, 4.69) is 78.3 Å². The molecule has 22 heavy (non-hydrogen) atoms. The summed E-state index contributed by atoms with van der Waals surface area (Å²) in [6.45, 7) is 4.44. The molecule has 1 unspecified atom stereocenters. The number of hydrogen-bond acceptors (Lipinski definition) is 1. The van der Waals surface area contributed by atoms with E-state index < -0.39 is 0 Å². The van der Waals surface area contributed by atoms with Crippen LogP contribution < -0.4 is 0 Å². The van der Waals surface area contributed by atoms with Gasteiger partial charge in [-0.25, -0.2) is 0 Å². The van der Waals surface area contributed by atoms with E-state index in [9.17, 15) is 0 Å². The fourth-order valence-corrected chi connectivity index (χ4v) is 3.06. The summed E-state index contributed by atoms with van der Waals surface area (Å²) in [7, 11) is 0. The van der Waals surface area contributed by atoms with Crippen LogP contribution in [0.5, 0.6) is 0 Å². The maximum Gasteiger partial charge on any atom is 0.0974 e. The van der Waals surface area contributed by atoms with Gasteiger partial charge >= 0.3 is 0 Å². The van der Waals surface area contributed by atoms with Gasteiger partial charge in [0.1, 0.15) is 0 Å². The first-order valence-electron chi connectivity index (χ1n) is 8.21. The molecule has 0 aliphatic carbocycles. The lowest BCUT2D eigenvalue weighted by molar-refractivity contribution is 0.197. The molecular formula is C21H23N. The molecule has 112 valence electrons. The van der Waals surface area contributed by atoms with Crippen molar-refractivity contribution in [1.82, 2.24) is 4.90 Å². The summed E-state index contributed by atoms with van der Waals surface area (Å²) in [5.41, 5.74) is 3.70. The van der Waals surface area contributed by atoms with Crippen molar-refractivity contribution < 1.29 is 0 Å². The molecule has 1 aliphatic rings. The molecule has 1 heteroatoms. The summed E-state index contributed by atoms with van der Waals surface area (Å²) < 4.78 is 0.